The molecule has 1 unspecified atom stereocenters. The summed E-state index contributed by atoms with van der Waals surface area (Å²) in [6, 6.07) is 11.7. The van der Waals surface area contributed by atoms with E-state index in [-0.39, 0.29) is 23.4 Å². The van der Waals surface area contributed by atoms with Gasteiger partial charge in [0, 0.05) is 17.2 Å². The number of anilines is 1. The van der Waals surface area contributed by atoms with Crippen LogP contribution in [0, 0.1) is 18.7 Å². The van der Waals surface area contributed by atoms with Crippen molar-refractivity contribution in [3.8, 4) is 0 Å². The van der Waals surface area contributed by atoms with Crippen LogP contribution in [0.3, 0.4) is 0 Å². The van der Waals surface area contributed by atoms with E-state index in [9.17, 15) is 14.0 Å². The molecule has 2 rings (SSSR count). The Balaban J connectivity index is 2.11. The molecule has 0 aromatic heterocycles. The number of nitrogens with one attached hydrogen (secondary N) is 1. The molecule has 0 aliphatic rings. The number of carbonyl (C=O) groups is 2. The molecule has 2 aromatic carbocycles. The van der Waals surface area contributed by atoms with Crippen LogP contribution < -0.4 is 5.32 Å². The van der Waals surface area contributed by atoms with Gasteiger partial charge in [0.05, 0.1) is 0 Å². The van der Waals surface area contributed by atoms with Gasteiger partial charge in [0.25, 0.3) is 0 Å². The summed E-state index contributed by atoms with van der Waals surface area (Å²) >= 11 is 0. The van der Waals surface area contributed by atoms with Gasteiger partial charge in [0.15, 0.2) is 5.78 Å². The van der Waals surface area contributed by atoms with Crippen LogP contribution in [0.2, 0.25) is 0 Å². The largest absolute Gasteiger partial charge is 0.326 e. The summed E-state index contributed by atoms with van der Waals surface area (Å²) in [5.74, 6) is -0.939. The molecule has 1 N–H and O–H groups in total. The number of amides is 1. The lowest BCUT2D eigenvalue weighted by atomic mass is 9.99. The average molecular weight is 313 g/mol. The highest BCUT2D eigenvalue weighted by Crippen LogP contribution is 2.20. The zero-order valence-electron chi connectivity index (χ0n) is 13.5. The van der Waals surface area contributed by atoms with Crippen LogP contribution in [0.4, 0.5) is 10.1 Å². The number of hydrogen-bond donors (Lipinski definition) is 1. The first-order chi connectivity index (χ1) is 10.9. The zero-order chi connectivity index (χ0) is 17.0. The number of halogens is 1. The van der Waals surface area contributed by atoms with Crippen molar-refractivity contribution >= 4 is 17.4 Å². The van der Waals surface area contributed by atoms with E-state index in [1.54, 1.807) is 43.3 Å². The van der Waals surface area contributed by atoms with Gasteiger partial charge in [-0.1, -0.05) is 37.3 Å². The summed E-state index contributed by atoms with van der Waals surface area (Å²) < 4.78 is 13.7. The summed E-state index contributed by atoms with van der Waals surface area (Å²) in [6.07, 6.45) is 0.323. The van der Waals surface area contributed by atoms with E-state index in [0.717, 1.165) is 5.56 Å². The van der Waals surface area contributed by atoms with Gasteiger partial charge in [-0.2, -0.15) is 0 Å². The topological polar surface area (TPSA) is 46.2 Å². The first kappa shape index (κ1) is 16.9. The molecule has 0 bridgehead atoms. The molecule has 1 atom stereocenters. The van der Waals surface area contributed by atoms with Crippen molar-refractivity contribution in [3.63, 3.8) is 0 Å². The van der Waals surface area contributed by atoms with Crippen molar-refractivity contribution in [1.29, 1.82) is 0 Å². The van der Waals surface area contributed by atoms with E-state index in [4.69, 9.17) is 0 Å². The van der Waals surface area contributed by atoms with Crippen molar-refractivity contribution in [2.24, 2.45) is 5.92 Å². The predicted octanol–water partition coefficient (Wildman–Crippen LogP) is 4.15. The van der Waals surface area contributed by atoms with Crippen LogP contribution in [0.1, 0.15) is 35.3 Å². The number of carbonyl (C=O) groups excluding carboxylic acids is 2. The van der Waals surface area contributed by atoms with Gasteiger partial charge < -0.3 is 5.32 Å². The van der Waals surface area contributed by atoms with Gasteiger partial charge in [-0.3, -0.25) is 9.59 Å². The highest BCUT2D eigenvalue weighted by molar-refractivity contribution is 5.98. The Morgan fingerprint density at radius 1 is 1.17 bits per heavy atom. The maximum absolute atomic E-state index is 13.7. The van der Waals surface area contributed by atoms with Crippen molar-refractivity contribution in [2.45, 2.75) is 27.2 Å². The van der Waals surface area contributed by atoms with Gasteiger partial charge in [0.2, 0.25) is 5.91 Å². The molecule has 0 aliphatic heterocycles. The number of ketones is 1. The smallest absolute Gasteiger partial charge is 0.227 e. The summed E-state index contributed by atoms with van der Waals surface area (Å²) in [5.41, 5.74) is 2.56. The van der Waals surface area contributed by atoms with Gasteiger partial charge >= 0.3 is 0 Å². The van der Waals surface area contributed by atoms with Crippen LogP contribution in [0.15, 0.2) is 42.5 Å². The lowest BCUT2D eigenvalue weighted by molar-refractivity contribution is -0.119. The summed E-state index contributed by atoms with van der Waals surface area (Å²) in [5, 5.41) is 2.83. The van der Waals surface area contributed by atoms with E-state index in [2.05, 4.69) is 5.32 Å². The van der Waals surface area contributed by atoms with Crippen LogP contribution in [-0.4, -0.2) is 11.7 Å². The Kier molecular flexibility index (Phi) is 5.27. The second kappa shape index (κ2) is 7.18. The minimum absolute atomic E-state index is 0.0556. The zero-order valence-corrected chi connectivity index (χ0v) is 13.5. The van der Waals surface area contributed by atoms with Gasteiger partial charge in [-0.25, -0.2) is 4.39 Å². The monoisotopic (exact) mass is 313 g/mol. The van der Waals surface area contributed by atoms with Crippen molar-refractivity contribution in [2.75, 3.05) is 5.32 Å². The minimum Gasteiger partial charge on any atom is -0.326 e. The van der Waals surface area contributed by atoms with E-state index in [1.807, 2.05) is 6.92 Å². The second-order valence-corrected chi connectivity index (χ2v) is 5.77. The Morgan fingerprint density at radius 3 is 2.52 bits per heavy atom. The standard InChI is InChI=1S/C19H20FNO2/c1-12-8-9-15(14(3)22)11-18(12)21-19(23)13(2)10-16-6-4-5-7-17(16)20/h4-9,11,13H,10H2,1-3H3,(H,21,23). The van der Waals surface area contributed by atoms with E-state index >= 15 is 0 Å². The number of rotatable bonds is 5. The number of Topliss-reactive ketones (excluding diaryl/α,β-unsaturated/α-hetero) is 1. The fourth-order valence-corrected chi connectivity index (χ4v) is 2.32. The van der Waals surface area contributed by atoms with Crippen LogP contribution in [-0.2, 0) is 11.2 Å². The van der Waals surface area contributed by atoms with Crippen molar-refractivity contribution < 1.29 is 14.0 Å². The third kappa shape index (κ3) is 4.25. The average Bonchev–Trinajstić information content (AvgIpc) is 2.51. The molecule has 120 valence electrons. The third-order valence-corrected chi connectivity index (χ3v) is 3.83. The SMILES string of the molecule is CC(=O)c1ccc(C)c(NC(=O)C(C)Cc2ccccc2F)c1. The van der Waals surface area contributed by atoms with Gasteiger partial charge in [-0.15, -0.1) is 0 Å². The fraction of sp³-hybridized carbons (Fsp3) is 0.263. The maximum atomic E-state index is 13.7. The molecular formula is C19H20FNO2. The third-order valence-electron chi connectivity index (χ3n) is 3.83. The van der Waals surface area contributed by atoms with Crippen LogP contribution >= 0.6 is 0 Å². The van der Waals surface area contributed by atoms with Crippen LogP contribution in [0.5, 0.6) is 0 Å². The molecule has 0 heterocycles. The predicted molar refractivity (Wildman–Crippen MR) is 89.1 cm³/mol. The molecule has 2 aromatic rings. The molecule has 0 radical (unpaired) electrons. The molecule has 3 nitrogen and oxygen atoms in total. The van der Waals surface area contributed by atoms with Crippen molar-refractivity contribution in [3.05, 3.63) is 65.0 Å². The summed E-state index contributed by atoms with van der Waals surface area (Å²) in [6.45, 7) is 5.10. The molecule has 0 spiro atoms. The molecule has 0 fully saturated rings. The van der Waals surface area contributed by atoms with E-state index < -0.39 is 0 Å². The lowest BCUT2D eigenvalue weighted by Crippen LogP contribution is -2.23. The van der Waals surface area contributed by atoms with Gasteiger partial charge in [-0.05, 0) is 43.5 Å². The Bertz CT molecular complexity index is 740. The molecule has 4 heteroatoms. The molecule has 0 aliphatic carbocycles. The normalized spacial score (nSPS) is 11.8. The van der Waals surface area contributed by atoms with Crippen LogP contribution in [0.25, 0.3) is 0 Å². The Morgan fingerprint density at radius 2 is 1.87 bits per heavy atom. The van der Waals surface area contributed by atoms with Gasteiger partial charge in [0.1, 0.15) is 5.82 Å². The molecule has 0 saturated carbocycles. The number of aryl methyl sites for hydroxylation is 1. The fourth-order valence-electron chi connectivity index (χ4n) is 2.32. The number of hydrogen-bond acceptors (Lipinski definition) is 2. The molecule has 23 heavy (non-hydrogen) atoms. The lowest BCUT2D eigenvalue weighted by Gasteiger charge is -2.15. The summed E-state index contributed by atoms with van der Waals surface area (Å²) in [7, 11) is 0. The first-order valence-electron chi connectivity index (χ1n) is 7.54. The molecule has 0 saturated heterocycles. The number of benzene rings is 2. The minimum atomic E-state index is -0.382. The summed E-state index contributed by atoms with van der Waals surface area (Å²) in [4.78, 5) is 23.8. The highest BCUT2D eigenvalue weighted by atomic mass is 19.1. The van der Waals surface area contributed by atoms with E-state index in [0.29, 0.717) is 23.2 Å². The maximum Gasteiger partial charge on any atom is 0.227 e. The second-order valence-electron chi connectivity index (χ2n) is 5.77. The quantitative estimate of drug-likeness (QED) is 0.843. The van der Waals surface area contributed by atoms with E-state index in [1.165, 1.54) is 13.0 Å². The highest BCUT2D eigenvalue weighted by Gasteiger charge is 2.16. The Labute approximate surface area is 135 Å². The molecule has 1 amide bonds. The molecular weight excluding hydrogens is 293 g/mol. The van der Waals surface area contributed by atoms with Crippen molar-refractivity contribution in [1.82, 2.24) is 0 Å². The Hall–Kier alpha value is -2.49. The first-order valence-corrected chi connectivity index (χ1v) is 7.54.